The second kappa shape index (κ2) is 7.71. The number of methoxy groups -OCH3 is 1. The van der Waals surface area contributed by atoms with E-state index in [1.807, 2.05) is 12.1 Å². The fourth-order valence-electron chi connectivity index (χ4n) is 2.53. The average Bonchev–Trinajstić information content (AvgIpc) is 2.54. The van der Waals surface area contributed by atoms with Crippen LogP contribution >= 0.6 is 0 Å². The lowest BCUT2D eigenvalue weighted by Crippen LogP contribution is -2.48. The van der Waals surface area contributed by atoms with Crippen LogP contribution in [0.1, 0.15) is 13.3 Å². The van der Waals surface area contributed by atoms with Gasteiger partial charge >= 0.3 is 6.03 Å². The lowest BCUT2D eigenvalue weighted by atomic mass is 9.96. The van der Waals surface area contributed by atoms with Gasteiger partial charge in [0.15, 0.2) is 0 Å². The van der Waals surface area contributed by atoms with Gasteiger partial charge in [-0.15, -0.1) is 6.42 Å². The molecule has 2 atom stereocenters. The number of para-hydroxylation sites is 2. The van der Waals surface area contributed by atoms with Crippen molar-refractivity contribution >= 4 is 11.7 Å². The summed E-state index contributed by atoms with van der Waals surface area (Å²) >= 11 is 0. The minimum absolute atomic E-state index is 0.0763. The van der Waals surface area contributed by atoms with Gasteiger partial charge < -0.3 is 19.7 Å². The molecule has 2 rings (SSSR count). The number of anilines is 1. The quantitative estimate of drug-likeness (QED) is 0.870. The SMILES string of the molecule is C#CCOc1ccccc1NC(=O)N1CCC(C)C(OC)C1. The van der Waals surface area contributed by atoms with Crippen LogP contribution in [0.3, 0.4) is 0 Å². The molecule has 0 spiro atoms. The molecule has 1 aromatic rings. The molecule has 1 fully saturated rings. The summed E-state index contributed by atoms with van der Waals surface area (Å²) in [6.45, 7) is 3.63. The van der Waals surface area contributed by atoms with Gasteiger partial charge in [-0.25, -0.2) is 4.79 Å². The molecule has 22 heavy (non-hydrogen) atoms. The predicted molar refractivity (Wildman–Crippen MR) is 85.9 cm³/mol. The second-order valence-electron chi connectivity index (χ2n) is 5.41. The molecular weight excluding hydrogens is 280 g/mol. The number of benzene rings is 1. The highest BCUT2D eigenvalue weighted by Gasteiger charge is 2.29. The third-order valence-corrected chi connectivity index (χ3v) is 3.92. The Kier molecular flexibility index (Phi) is 5.68. The van der Waals surface area contributed by atoms with Crippen molar-refractivity contribution in [2.24, 2.45) is 5.92 Å². The van der Waals surface area contributed by atoms with E-state index in [4.69, 9.17) is 15.9 Å². The summed E-state index contributed by atoms with van der Waals surface area (Å²) in [5, 5.41) is 2.89. The van der Waals surface area contributed by atoms with Gasteiger partial charge in [0.25, 0.3) is 0 Å². The van der Waals surface area contributed by atoms with Gasteiger partial charge in [0, 0.05) is 20.2 Å². The van der Waals surface area contributed by atoms with Crippen LogP contribution in [-0.4, -0.2) is 43.8 Å². The molecule has 2 amide bonds. The van der Waals surface area contributed by atoms with E-state index < -0.39 is 0 Å². The Morgan fingerprint density at radius 1 is 1.50 bits per heavy atom. The number of nitrogens with one attached hydrogen (secondary N) is 1. The number of nitrogens with zero attached hydrogens (tertiary/aromatic N) is 1. The Bertz CT molecular complexity index is 553. The van der Waals surface area contributed by atoms with Crippen LogP contribution in [-0.2, 0) is 4.74 Å². The summed E-state index contributed by atoms with van der Waals surface area (Å²) in [5.41, 5.74) is 0.621. The van der Waals surface area contributed by atoms with Crippen molar-refractivity contribution in [1.82, 2.24) is 4.90 Å². The fourth-order valence-corrected chi connectivity index (χ4v) is 2.53. The predicted octanol–water partition coefficient (Wildman–Crippen LogP) is 2.59. The third-order valence-electron chi connectivity index (χ3n) is 3.92. The highest BCUT2D eigenvalue weighted by molar-refractivity contribution is 5.91. The average molecular weight is 302 g/mol. The van der Waals surface area contributed by atoms with Gasteiger partial charge in [-0.3, -0.25) is 0 Å². The number of urea groups is 1. The molecule has 1 saturated heterocycles. The van der Waals surface area contributed by atoms with Crippen molar-refractivity contribution in [3.63, 3.8) is 0 Å². The maximum absolute atomic E-state index is 12.4. The van der Waals surface area contributed by atoms with E-state index in [1.54, 1.807) is 24.1 Å². The second-order valence-corrected chi connectivity index (χ2v) is 5.41. The highest BCUT2D eigenvalue weighted by Crippen LogP contribution is 2.25. The molecule has 0 bridgehead atoms. The van der Waals surface area contributed by atoms with Crippen molar-refractivity contribution in [3.05, 3.63) is 24.3 Å². The first kappa shape index (κ1) is 16.2. The van der Waals surface area contributed by atoms with E-state index in [0.29, 0.717) is 23.9 Å². The van der Waals surface area contributed by atoms with Crippen molar-refractivity contribution in [2.45, 2.75) is 19.4 Å². The van der Waals surface area contributed by atoms with Gasteiger partial charge in [-0.05, 0) is 24.5 Å². The van der Waals surface area contributed by atoms with E-state index in [-0.39, 0.29) is 18.7 Å². The zero-order chi connectivity index (χ0) is 15.9. The lowest BCUT2D eigenvalue weighted by Gasteiger charge is -2.36. The number of hydrogen-bond donors (Lipinski definition) is 1. The van der Waals surface area contributed by atoms with Crippen LogP contribution in [0.5, 0.6) is 5.75 Å². The molecule has 0 aromatic heterocycles. The summed E-state index contributed by atoms with van der Waals surface area (Å²) in [5.74, 6) is 3.45. The molecule has 0 saturated carbocycles. The zero-order valence-electron chi connectivity index (χ0n) is 13.0. The van der Waals surface area contributed by atoms with E-state index in [0.717, 1.165) is 13.0 Å². The zero-order valence-corrected chi connectivity index (χ0v) is 13.0. The number of rotatable bonds is 4. The van der Waals surface area contributed by atoms with E-state index in [1.165, 1.54) is 0 Å². The van der Waals surface area contributed by atoms with E-state index in [2.05, 4.69) is 18.2 Å². The molecule has 1 aliphatic rings. The topological polar surface area (TPSA) is 50.8 Å². The number of hydrogen-bond acceptors (Lipinski definition) is 3. The maximum atomic E-state index is 12.4. The van der Waals surface area contributed by atoms with Gasteiger partial charge in [-0.1, -0.05) is 25.0 Å². The van der Waals surface area contributed by atoms with Crippen LogP contribution in [0, 0.1) is 18.3 Å². The largest absolute Gasteiger partial charge is 0.479 e. The van der Waals surface area contributed by atoms with Crippen molar-refractivity contribution in [3.8, 4) is 18.1 Å². The Hall–Kier alpha value is -2.19. The minimum atomic E-state index is -0.147. The van der Waals surface area contributed by atoms with Crippen LogP contribution in [0.4, 0.5) is 10.5 Å². The monoisotopic (exact) mass is 302 g/mol. The Labute approximate surface area is 131 Å². The Morgan fingerprint density at radius 3 is 3.00 bits per heavy atom. The first-order valence-electron chi connectivity index (χ1n) is 7.39. The number of terminal acetylenes is 1. The summed E-state index contributed by atoms with van der Waals surface area (Å²) < 4.78 is 10.9. The normalized spacial score (nSPS) is 21.0. The van der Waals surface area contributed by atoms with Gasteiger partial charge in [0.1, 0.15) is 12.4 Å². The first-order valence-corrected chi connectivity index (χ1v) is 7.39. The summed E-state index contributed by atoms with van der Waals surface area (Å²) in [6, 6.07) is 7.11. The van der Waals surface area contributed by atoms with Gasteiger partial charge in [0.05, 0.1) is 11.8 Å². The van der Waals surface area contributed by atoms with Crippen LogP contribution < -0.4 is 10.1 Å². The molecule has 1 aromatic carbocycles. The number of carbonyl (C=O) groups excluding carboxylic acids is 1. The molecule has 0 aliphatic carbocycles. The molecule has 118 valence electrons. The standard InChI is InChI=1S/C17H22N2O3/c1-4-11-22-15-8-6-5-7-14(15)18-17(20)19-10-9-13(2)16(12-19)21-3/h1,5-8,13,16H,9-12H2,2-3H3,(H,18,20). The number of ether oxygens (including phenoxy) is 2. The van der Waals surface area contributed by atoms with Crippen LogP contribution in [0.25, 0.3) is 0 Å². The molecule has 1 heterocycles. The summed E-state index contributed by atoms with van der Waals surface area (Å²) in [7, 11) is 1.69. The Balaban J connectivity index is 2.02. The molecule has 5 nitrogen and oxygen atoms in total. The minimum Gasteiger partial charge on any atom is -0.479 e. The molecule has 2 unspecified atom stereocenters. The number of carbonyl (C=O) groups is 1. The smallest absolute Gasteiger partial charge is 0.322 e. The first-order chi connectivity index (χ1) is 10.7. The fraction of sp³-hybridized carbons (Fsp3) is 0.471. The number of piperidine rings is 1. The van der Waals surface area contributed by atoms with E-state index >= 15 is 0 Å². The van der Waals surface area contributed by atoms with E-state index in [9.17, 15) is 4.79 Å². The summed E-state index contributed by atoms with van der Waals surface area (Å²) in [6.07, 6.45) is 6.21. The molecule has 5 heteroatoms. The number of amides is 2. The Morgan fingerprint density at radius 2 is 2.27 bits per heavy atom. The van der Waals surface area contributed by atoms with Crippen LogP contribution in [0.2, 0.25) is 0 Å². The third kappa shape index (κ3) is 3.92. The van der Waals surface area contributed by atoms with Gasteiger partial charge in [-0.2, -0.15) is 0 Å². The number of likely N-dealkylation sites (tertiary alicyclic amines) is 1. The molecular formula is C17H22N2O3. The highest BCUT2D eigenvalue weighted by atomic mass is 16.5. The van der Waals surface area contributed by atoms with Crippen LogP contribution in [0.15, 0.2) is 24.3 Å². The van der Waals surface area contributed by atoms with Crippen molar-refractivity contribution < 1.29 is 14.3 Å². The summed E-state index contributed by atoms with van der Waals surface area (Å²) in [4.78, 5) is 14.2. The molecule has 1 N–H and O–H groups in total. The van der Waals surface area contributed by atoms with Gasteiger partial charge in [0.2, 0.25) is 0 Å². The van der Waals surface area contributed by atoms with Crippen molar-refractivity contribution in [1.29, 1.82) is 0 Å². The lowest BCUT2D eigenvalue weighted by molar-refractivity contribution is 0.00895. The molecule has 1 aliphatic heterocycles. The van der Waals surface area contributed by atoms with Crippen molar-refractivity contribution in [2.75, 3.05) is 32.1 Å². The maximum Gasteiger partial charge on any atom is 0.322 e. The molecule has 0 radical (unpaired) electrons.